The Hall–Kier alpha value is -3.59. The first-order valence-corrected chi connectivity index (χ1v) is 11.0. The number of nitrogen functional groups attached to an aromatic ring is 2. The number of rotatable bonds is 5. The van der Waals surface area contributed by atoms with Gasteiger partial charge >= 0.3 is 5.97 Å². The van der Waals surface area contributed by atoms with Crippen molar-refractivity contribution in [3.8, 4) is 0 Å². The fourth-order valence-electron chi connectivity index (χ4n) is 2.87. The van der Waals surface area contributed by atoms with Crippen LogP contribution >= 0.6 is 0 Å². The van der Waals surface area contributed by atoms with Gasteiger partial charge in [0.15, 0.2) is 0 Å². The van der Waals surface area contributed by atoms with Crippen molar-refractivity contribution in [2.24, 2.45) is 10.2 Å². The molecule has 0 bridgehead atoms. The monoisotopic (exact) mass is 466 g/mol. The second-order valence-electron chi connectivity index (χ2n) is 6.26. The van der Waals surface area contributed by atoms with Gasteiger partial charge in [-0.25, -0.2) is 4.79 Å². The Kier molecular flexibility index (Phi) is 5.41. The van der Waals surface area contributed by atoms with Crippen LogP contribution in [0.1, 0.15) is 10.4 Å². The van der Waals surface area contributed by atoms with Crippen molar-refractivity contribution in [2.75, 3.05) is 11.5 Å². The Labute approximate surface area is 175 Å². The van der Waals surface area contributed by atoms with Crippen molar-refractivity contribution >= 4 is 59.7 Å². The third kappa shape index (κ3) is 4.46. The number of carboxylic acid groups (broad SMARTS) is 1. The fraction of sp³-hybridized carbons (Fsp3) is 0. The highest BCUT2D eigenvalue weighted by Gasteiger charge is 2.21. The van der Waals surface area contributed by atoms with E-state index in [9.17, 15) is 35.8 Å². The molecule has 0 aromatic heterocycles. The molecule has 0 saturated carbocycles. The summed E-state index contributed by atoms with van der Waals surface area (Å²) < 4.78 is 66.0. The summed E-state index contributed by atoms with van der Waals surface area (Å²) in [5.74, 6) is -1.40. The lowest BCUT2D eigenvalue weighted by atomic mass is 10.1. The number of carboxylic acids is 1. The van der Waals surface area contributed by atoms with E-state index in [0.717, 1.165) is 24.3 Å². The van der Waals surface area contributed by atoms with E-state index in [1.54, 1.807) is 0 Å². The standard InChI is InChI=1S/C17H14N4O8S2/c18-8-4-12(17(22)23)16(13(19)5-8)21-20-9-6-11-10(15(7-9)31(27,28)29)2-1-3-14(11)30(24,25)26/h1-7H,18-19H2,(H,22,23)(H,24,25,26)(H,27,28,29). The molecule has 0 aliphatic heterocycles. The molecule has 14 heteroatoms. The van der Waals surface area contributed by atoms with Crippen molar-refractivity contribution in [1.82, 2.24) is 0 Å². The number of hydrogen-bond acceptors (Lipinski definition) is 9. The molecule has 3 aromatic carbocycles. The predicted molar refractivity (Wildman–Crippen MR) is 110 cm³/mol. The van der Waals surface area contributed by atoms with Gasteiger partial charge in [0, 0.05) is 16.5 Å². The largest absolute Gasteiger partial charge is 0.478 e. The minimum absolute atomic E-state index is 0.0611. The second-order valence-corrected chi connectivity index (χ2v) is 9.04. The van der Waals surface area contributed by atoms with E-state index in [4.69, 9.17) is 11.5 Å². The van der Waals surface area contributed by atoms with Gasteiger partial charge in [-0.05, 0) is 30.3 Å². The van der Waals surface area contributed by atoms with E-state index in [-0.39, 0.29) is 39.1 Å². The number of nitrogens with zero attached hydrogens (tertiary/aromatic N) is 2. The molecule has 0 saturated heterocycles. The van der Waals surface area contributed by atoms with Crippen LogP contribution in [0, 0.1) is 0 Å². The summed E-state index contributed by atoms with van der Waals surface area (Å²) in [6.45, 7) is 0. The summed E-state index contributed by atoms with van der Waals surface area (Å²) >= 11 is 0. The molecule has 12 nitrogen and oxygen atoms in total. The molecule has 0 spiro atoms. The smallest absolute Gasteiger partial charge is 0.338 e. The van der Waals surface area contributed by atoms with Crippen molar-refractivity contribution in [2.45, 2.75) is 9.79 Å². The molecular formula is C17H14N4O8S2. The number of benzene rings is 3. The van der Waals surface area contributed by atoms with Crippen molar-refractivity contribution in [1.29, 1.82) is 0 Å². The normalized spacial score (nSPS) is 12.5. The Morgan fingerprint density at radius 3 is 2.06 bits per heavy atom. The van der Waals surface area contributed by atoms with E-state index in [1.165, 1.54) is 18.2 Å². The Bertz CT molecular complexity index is 1480. The van der Waals surface area contributed by atoms with Gasteiger partial charge in [0.1, 0.15) is 15.5 Å². The summed E-state index contributed by atoms with van der Waals surface area (Å²) in [4.78, 5) is 10.1. The SMILES string of the molecule is Nc1cc(N)c(N=Nc2cc(S(=O)(=O)O)c3cccc(S(=O)(=O)O)c3c2)c(C(=O)O)c1. The average Bonchev–Trinajstić information content (AvgIpc) is 2.63. The molecule has 3 aromatic rings. The molecule has 0 atom stereocenters. The molecule has 162 valence electrons. The second kappa shape index (κ2) is 7.59. The minimum Gasteiger partial charge on any atom is -0.478 e. The van der Waals surface area contributed by atoms with Crippen molar-refractivity contribution in [3.63, 3.8) is 0 Å². The van der Waals surface area contributed by atoms with Crippen LogP contribution in [0.3, 0.4) is 0 Å². The van der Waals surface area contributed by atoms with Crippen LogP contribution in [-0.2, 0) is 20.2 Å². The molecule has 0 fully saturated rings. The maximum absolute atomic E-state index is 11.8. The van der Waals surface area contributed by atoms with Gasteiger partial charge in [-0.15, -0.1) is 5.11 Å². The first kappa shape index (κ1) is 22.1. The average molecular weight is 466 g/mol. The molecule has 0 amide bonds. The number of nitrogens with two attached hydrogens (primary N) is 2. The number of azo groups is 1. The van der Waals surface area contributed by atoms with E-state index in [2.05, 4.69) is 10.2 Å². The molecular weight excluding hydrogens is 452 g/mol. The lowest BCUT2D eigenvalue weighted by Gasteiger charge is -2.09. The Morgan fingerprint density at radius 1 is 0.839 bits per heavy atom. The third-order valence-corrected chi connectivity index (χ3v) is 5.92. The summed E-state index contributed by atoms with van der Waals surface area (Å²) in [5, 5.41) is 16.3. The van der Waals surface area contributed by atoms with Gasteiger partial charge < -0.3 is 16.6 Å². The summed E-state index contributed by atoms with van der Waals surface area (Å²) in [6, 6.07) is 7.72. The molecule has 0 unspecified atom stereocenters. The lowest BCUT2D eigenvalue weighted by molar-refractivity contribution is 0.0697. The number of fused-ring (bicyclic) bond motifs is 1. The molecule has 7 N–H and O–H groups in total. The Balaban J connectivity index is 2.31. The van der Waals surface area contributed by atoms with Gasteiger partial charge in [-0.1, -0.05) is 12.1 Å². The van der Waals surface area contributed by atoms with Crippen LogP contribution in [-0.4, -0.2) is 37.0 Å². The zero-order valence-corrected chi connectivity index (χ0v) is 16.9. The van der Waals surface area contributed by atoms with Gasteiger partial charge in [0.2, 0.25) is 0 Å². The summed E-state index contributed by atoms with van der Waals surface area (Å²) in [6.07, 6.45) is 0. The quantitative estimate of drug-likeness (QED) is 0.210. The minimum atomic E-state index is -4.85. The molecule has 3 rings (SSSR count). The molecule has 0 aliphatic rings. The van der Waals surface area contributed by atoms with Gasteiger partial charge in [-0.2, -0.15) is 21.9 Å². The molecule has 0 radical (unpaired) electrons. The zero-order valence-electron chi connectivity index (χ0n) is 15.3. The maximum atomic E-state index is 11.8. The molecule has 0 heterocycles. The number of hydrogen-bond donors (Lipinski definition) is 5. The first-order chi connectivity index (χ1) is 14.3. The van der Waals surface area contributed by atoms with Crippen LogP contribution in [0.15, 0.2) is 62.5 Å². The van der Waals surface area contributed by atoms with E-state index in [1.807, 2.05) is 0 Å². The van der Waals surface area contributed by atoms with Gasteiger partial charge in [0.25, 0.3) is 20.2 Å². The van der Waals surface area contributed by atoms with Crippen molar-refractivity contribution < 1.29 is 35.8 Å². The van der Waals surface area contributed by atoms with Crippen LogP contribution in [0.25, 0.3) is 10.8 Å². The third-order valence-electron chi connectivity index (χ3n) is 4.12. The topological polar surface area (TPSA) is 223 Å². The van der Waals surface area contributed by atoms with Crippen LogP contribution in [0.4, 0.5) is 22.7 Å². The first-order valence-electron chi connectivity index (χ1n) is 8.15. The van der Waals surface area contributed by atoms with E-state index < -0.39 is 36.0 Å². The number of carbonyl (C=O) groups is 1. The van der Waals surface area contributed by atoms with E-state index in [0.29, 0.717) is 0 Å². The van der Waals surface area contributed by atoms with Gasteiger partial charge in [-0.3, -0.25) is 9.11 Å². The van der Waals surface area contributed by atoms with E-state index >= 15 is 0 Å². The summed E-state index contributed by atoms with van der Waals surface area (Å²) in [7, 11) is -9.61. The highest BCUT2D eigenvalue weighted by atomic mass is 32.2. The molecule has 31 heavy (non-hydrogen) atoms. The molecule has 0 aliphatic carbocycles. The van der Waals surface area contributed by atoms with Crippen LogP contribution in [0.5, 0.6) is 0 Å². The Morgan fingerprint density at radius 2 is 1.48 bits per heavy atom. The maximum Gasteiger partial charge on any atom is 0.338 e. The number of anilines is 2. The lowest BCUT2D eigenvalue weighted by Crippen LogP contribution is -2.03. The van der Waals surface area contributed by atoms with Crippen molar-refractivity contribution in [3.05, 3.63) is 48.0 Å². The van der Waals surface area contributed by atoms with Crippen LogP contribution in [0.2, 0.25) is 0 Å². The highest BCUT2D eigenvalue weighted by molar-refractivity contribution is 7.86. The van der Waals surface area contributed by atoms with Gasteiger partial charge in [0.05, 0.1) is 16.9 Å². The van der Waals surface area contributed by atoms with Crippen LogP contribution < -0.4 is 11.5 Å². The predicted octanol–water partition coefficient (Wildman–Crippen LogP) is 2.61. The number of aromatic carboxylic acids is 1. The fourth-order valence-corrected chi connectivity index (χ4v) is 4.29. The zero-order chi connectivity index (χ0) is 23.1. The summed E-state index contributed by atoms with van der Waals surface area (Å²) in [5.41, 5.74) is 10.3. The highest BCUT2D eigenvalue weighted by Crippen LogP contribution is 2.35.